The summed E-state index contributed by atoms with van der Waals surface area (Å²) in [5, 5.41) is 3.48. The molecule has 0 spiro atoms. The molecule has 0 aliphatic heterocycles. The molecule has 184 valence electrons. The van der Waals surface area contributed by atoms with Gasteiger partial charge in [-0.25, -0.2) is 8.42 Å². The topological polar surface area (TPSA) is 93.7 Å². The van der Waals surface area contributed by atoms with E-state index >= 15 is 0 Å². The lowest BCUT2D eigenvalue weighted by Crippen LogP contribution is -2.56. The average molecular weight is 507 g/mol. The molecule has 0 bridgehead atoms. The molecule has 0 aliphatic carbocycles. The Balaban J connectivity index is 1.92. The Morgan fingerprint density at radius 1 is 1.12 bits per heavy atom. The predicted molar refractivity (Wildman–Crippen MR) is 135 cm³/mol. The summed E-state index contributed by atoms with van der Waals surface area (Å²) in [7, 11) is -1.95. The average Bonchev–Trinajstić information content (AvgIpc) is 2.83. The maximum Gasteiger partial charge on any atom is 0.241 e. The van der Waals surface area contributed by atoms with E-state index in [0.717, 1.165) is 11.1 Å². The highest BCUT2D eigenvalue weighted by atomic mass is 35.5. The Hall–Kier alpha value is -2.73. The van der Waals surface area contributed by atoms with Crippen molar-refractivity contribution in [1.29, 1.82) is 0 Å². The van der Waals surface area contributed by atoms with Crippen LogP contribution in [0.15, 0.2) is 42.5 Å². The van der Waals surface area contributed by atoms with Gasteiger partial charge in [0.2, 0.25) is 15.9 Å². The van der Waals surface area contributed by atoms with Crippen molar-refractivity contribution in [2.75, 3.05) is 26.0 Å². The number of ether oxygens (including phenoxy) is 2. The number of rotatable bonds is 11. The molecule has 0 saturated carbocycles. The van der Waals surface area contributed by atoms with Gasteiger partial charge in [0.05, 0.1) is 12.9 Å². The molecule has 0 aromatic heterocycles. The van der Waals surface area contributed by atoms with Crippen LogP contribution in [-0.2, 0) is 21.2 Å². The van der Waals surface area contributed by atoms with E-state index in [4.69, 9.17) is 21.1 Å². The van der Waals surface area contributed by atoms with E-state index < -0.39 is 15.6 Å². The molecule has 0 fully saturated rings. The molecule has 0 heterocycles. The summed E-state index contributed by atoms with van der Waals surface area (Å²) in [6.45, 7) is 5.42. The fraction of sp³-hybridized carbons (Fsp3) is 0.400. The van der Waals surface area contributed by atoms with Crippen molar-refractivity contribution >= 4 is 27.5 Å². The zero-order valence-electron chi connectivity index (χ0n) is 19.9. The Morgan fingerprint density at radius 3 is 2.44 bits per heavy atom. The molecule has 9 heteroatoms. The Bertz CT molecular complexity index is 1140. The predicted octanol–water partition coefficient (Wildman–Crippen LogP) is 3.55. The number of amides is 1. The molecule has 1 unspecified atom stereocenters. The smallest absolute Gasteiger partial charge is 0.241 e. The van der Waals surface area contributed by atoms with Gasteiger partial charge in [-0.3, -0.25) is 4.79 Å². The van der Waals surface area contributed by atoms with Gasteiger partial charge in [-0.15, -0.1) is 0 Å². The van der Waals surface area contributed by atoms with Gasteiger partial charge in [-0.1, -0.05) is 36.4 Å². The number of benzene rings is 2. The summed E-state index contributed by atoms with van der Waals surface area (Å²) in [6.07, 6.45) is 0.873. The highest BCUT2D eigenvalue weighted by molar-refractivity contribution is 7.89. The summed E-state index contributed by atoms with van der Waals surface area (Å²) >= 11 is 5.87. The van der Waals surface area contributed by atoms with Crippen LogP contribution in [0.4, 0.5) is 0 Å². The standard InChI is InChI=1S/C25H31ClN2O5S/c1-5-25(3,28-34(30,31)6-2)24(29)27-16-15-20-11-14-22(23(18-20)32-4)33-17-7-8-19-9-12-21(26)13-10-19/h9-14,18,28H,5-6,15-17H2,1-4H3,(H,27,29). The normalized spacial score (nSPS) is 12.7. The highest BCUT2D eigenvalue weighted by Crippen LogP contribution is 2.28. The van der Waals surface area contributed by atoms with Crippen LogP contribution in [0.3, 0.4) is 0 Å². The fourth-order valence-electron chi connectivity index (χ4n) is 2.98. The van der Waals surface area contributed by atoms with Gasteiger partial charge in [0, 0.05) is 17.1 Å². The molecule has 2 aromatic rings. The van der Waals surface area contributed by atoms with Crippen molar-refractivity contribution in [2.24, 2.45) is 0 Å². The van der Waals surface area contributed by atoms with Crippen molar-refractivity contribution in [3.05, 3.63) is 58.6 Å². The van der Waals surface area contributed by atoms with E-state index in [9.17, 15) is 13.2 Å². The van der Waals surface area contributed by atoms with Crippen molar-refractivity contribution in [2.45, 2.75) is 39.2 Å². The SMILES string of the molecule is CCC(C)(NS(=O)(=O)CC)C(=O)NCCc1ccc(OCC#Cc2ccc(Cl)cc2)c(OC)c1. The molecular formula is C25H31ClN2O5S. The van der Waals surface area contributed by atoms with E-state index in [1.807, 2.05) is 24.3 Å². The van der Waals surface area contributed by atoms with Gasteiger partial charge in [-0.2, -0.15) is 4.72 Å². The monoisotopic (exact) mass is 506 g/mol. The van der Waals surface area contributed by atoms with Crippen LogP contribution in [0.2, 0.25) is 5.02 Å². The first-order valence-corrected chi connectivity index (χ1v) is 13.0. The lowest BCUT2D eigenvalue weighted by Gasteiger charge is -2.27. The first kappa shape index (κ1) is 27.5. The van der Waals surface area contributed by atoms with Crippen LogP contribution >= 0.6 is 11.6 Å². The van der Waals surface area contributed by atoms with Crippen molar-refractivity contribution in [3.63, 3.8) is 0 Å². The minimum atomic E-state index is -3.51. The quantitative estimate of drug-likeness (QED) is 0.455. The summed E-state index contributed by atoms with van der Waals surface area (Å²) in [5.41, 5.74) is 0.584. The van der Waals surface area contributed by atoms with Crippen LogP contribution in [0.25, 0.3) is 0 Å². The Kier molecular flexibility index (Phi) is 10.2. The van der Waals surface area contributed by atoms with Crippen LogP contribution in [0.1, 0.15) is 38.3 Å². The van der Waals surface area contributed by atoms with Crippen LogP contribution in [0, 0.1) is 11.8 Å². The maximum absolute atomic E-state index is 12.6. The first-order valence-electron chi connectivity index (χ1n) is 11.0. The molecule has 2 N–H and O–H groups in total. The van der Waals surface area contributed by atoms with E-state index in [1.165, 1.54) is 6.92 Å². The molecule has 2 aromatic carbocycles. The lowest BCUT2D eigenvalue weighted by atomic mass is 9.99. The van der Waals surface area contributed by atoms with Gasteiger partial charge in [0.1, 0.15) is 12.1 Å². The van der Waals surface area contributed by atoms with Crippen LogP contribution in [-0.4, -0.2) is 45.9 Å². The van der Waals surface area contributed by atoms with E-state index in [2.05, 4.69) is 21.9 Å². The third-order valence-corrected chi connectivity index (χ3v) is 7.05. The minimum Gasteiger partial charge on any atom is -0.493 e. The molecule has 1 atom stereocenters. The first-order chi connectivity index (χ1) is 16.1. The van der Waals surface area contributed by atoms with Crippen LogP contribution in [0.5, 0.6) is 11.5 Å². The minimum absolute atomic E-state index is 0.0865. The second-order valence-electron chi connectivity index (χ2n) is 7.78. The van der Waals surface area contributed by atoms with Crippen molar-refractivity contribution in [1.82, 2.24) is 10.0 Å². The van der Waals surface area contributed by atoms with Gasteiger partial charge < -0.3 is 14.8 Å². The summed E-state index contributed by atoms with van der Waals surface area (Å²) in [5.74, 6) is 6.64. The third-order valence-electron chi connectivity index (χ3n) is 5.27. The van der Waals surface area contributed by atoms with Gasteiger partial charge >= 0.3 is 0 Å². The second-order valence-corrected chi connectivity index (χ2v) is 10.2. The second kappa shape index (κ2) is 12.7. The molecule has 34 heavy (non-hydrogen) atoms. The summed E-state index contributed by atoms with van der Waals surface area (Å²) in [4.78, 5) is 12.6. The zero-order valence-corrected chi connectivity index (χ0v) is 21.5. The molecule has 0 radical (unpaired) electrons. The maximum atomic E-state index is 12.6. The number of methoxy groups -OCH3 is 1. The number of hydrogen-bond donors (Lipinski definition) is 2. The molecule has 2 rings (SSSR count). The van der Waals surface area contributed by atoms with Crippen LogP contribution < -0.4 is 19.5 Å². The number of carbonyl (C=O) groups is 1. The molecule has 1 amide bonds. The largest absolute Gasteiger partial charge is 0.493 e. The third kappa shape index (κ3) is 8.24. The summed E-state index contributed by atoms with van der Waals surface area (Å²) in [6, 6.07) is 12.8. The van der Waals surface area contributed by atoms with Gasteiger partial charge in [-0.05, 0) is 68.7 Å². The van der Waals surface area contributed by atoms with E-state index in [0.29, 0.717) is 35.9 Å². The summed E-state index contributed by atoms with van der Waals surface area (Å²) < 4.78 is 37.5. The zero-order chi connectivity index (χ0) is 25.2. The van der Waals surface area contributed by atoms with Crippen molar-refractivity contribution in [3.8, 4) is 23.3 Å². The van der Waals surface area contributed by atoms with Gasteiger partial charge in [0.15, 0.2) is 11.5 Å². The van der Waals surface area contributed by atoms with Gasteiger partial charge in [0.25, 0.3) is 0 Å². The number of halogens is 1. The molecular weight excluding hydrogens is 476 g/mol. The molecule has 7 nitrogen and oxygen atoms in total. The molecule has 0 saturated heterocycles. The highest BCUT2D eigenvalue weighted by Gasteiger charge is 2.34. The Morgan fingerprint density at radius 2 is 1.82 bits per heavy atom. The number of carbonyl (C=O) groups excluding carboxylic acids is 1. The Labute approximate surface area is 207 Å². The number of hydrogen-bond acceptors (Lipinski definition) is 5. The number of nitrogens with one attached hydrogen (secondary N) is 2. The fourth-order valence-corrected chi connectivity index (χ4v) is 4.18. The number of sulfonamides is 1. The van der Waals surface area contributed by atoms with Crippen molar-refractivity contribution < 1.29 is 22.7 Å². The molecule has 0 aliphatic rings. The lowest BCUT2D eigenvalue weighted by molar-refractivity contribution is -0.126. The van der Waals surface area contributed by atoms with E-state index in [1.54, 1.807) is 39.2 Å². The van der Waals surface area contributed by atoms with E-state index in [-0.39, 0.29) is 18.3 Å².